The smallest absolute Gasteiger partial charge is 0.159 e. The summed E-state index contributed by atoms with van der Waals surface area (Å²) in [6.07, 6.45) is 5.22. The summed E-state index contributed by atoms with van der Waals surface area (Å²) in [7, 11) is -2.84. The predicted molar refractivity (Wildman–Crippen MR) is 68.9 cm³/mol. The zero-order valence-corrected chi connectivity index (χ0v) is 10.8. The molecule has 0 spiro atoms. The third-order valence-electron chi connectivity index (χ3n) is 3.39. The van der Waals surface area contributed by atoms with Crippen molar-refractivity contribution in [2.24, 2.45) is 5.92 Å². The molecule has 0 bridgehead atoms. The summed E-state index contributed by atoms with van der Waals surface area (Å²) in [5.74, 6) is 0.814. The molecule has 96 valence electrons. The standard InChI is InChI=1S/C12H15N3O2S/c16-18(17)6-2-3-10(8-18)7-15-9-14-11-4-1-5-13-12(11)15/h1,4-5,9-10H,2-3,6-8H2. The van der Waals surface area contributed by atoms with Crippen molar-refractivity contribution in [3.63, 3.8) is 0 Å². The van der Waals surface area contributed by atoms with Gasteiger partial charge in [0.25, 0.3) is 0 Å². The van der Waals surface area contributed by atoms with Crippen LogP contribution < -0.4 is 0 Å². The number of rotatable bonds is 2. The van der Waals surface area contributed by atoms with E-state index in [1.54, 1.807) is 12.5 Å². The summed E-state index contributed by atoms with van der Waals surface area (Å²) in [6, 6.07) is 3.77. The van der Waals surface area contributed by atoms with Crippen molar-refractivity contribution < 1.29 is 8.42 Å². The first-order chi connectivity index (χ1) is 8.64. The number of aromatic nitrogens is 3. The molecule has 1 aliphatic rings. The number of hydrogen-bond donors (Lipinski definition) is 0. The van der Waals surface area contributed by atoms with Crippen LogP contribution in [0.25, 0.3) is 11.2 Å². The van der Waals surface area contributed by atoms with Crippen molar-refractivity contribution in [2.45, 2.75) is 19.4 Å². The Morgan fingerprint density at radius 3 is 3.11 bits per heavy atom. The van der Waals surface area contributed by atoms with Crippen molar-refractivity contribution >= 4 is 21.0 Å². The lowest BCUT2D eigenvalue weighted by molar-refractivity contribution is 0.430. The molecule has 18 heavy (non-hydrogen) atoms. The summed E-state index contributed by atoms with van der Waals surface area (Å²) >= 11 is 0. The number of nitrogens with zero attached hydrogens (tertiary/aromatic N) is 3. The minimum Gasteiger partial charge on any atom is -0.315 e. The van der Waals surface area contributed by atoms with Gasteiger partial charge in [-0.3, -0.25) is 0 Å². The molecule has 1 fully saturated rings. The Morgan fingerprint density at radius 1 is 1.39 bits per heavy atom. The van der Waals surface area contributed by atoms with Crippen molar-refractivity contribution in [1.29, 1.82) is 0 Å². The number of imidazole rings is 1. The molecule has 2 aromatic heterocycles. The van der Waals surface area contributed by atoms with Crippen molar-refractivity contribution in [1.82, 2.24) is 14.5 Å². The molecule has 1 unspecified atom stereocenters. The van der Waals surface area contributed by atoms with Crippen LogP contribution in [-0.4, -0.2) is 34.5 Å². The van der Waals surface area contributed by atoms with Gasteiger partial charge in [-0.1, -0.05) is 0 Å². The van der Waals surface area contributed by atoms with E-state index < -0.39 is 9.84 Å². The molecule has 3 rings (SSSR count). The molecule has 1 saturated heterocycles. The molecule has 0 aliphatic carbocycles. The summed E-state index contributed by atoms with van der Waals surface area (Å²) < 4.78 is 25.2. The Hall–Kier alpha value is -1.43. The number of sulfone groups is 1. The van der Waals surface area contributed by atoms with E-state index in [-0.39, 0.29) is 5.92 Å². The lowest BCUT2D eigenvalue weighted by Gasteiger charge is -2.22. The van der Waals surface area contributed by atoms with E-state index in [0.29, 0.717) is 18.1 Å². The molecule has 6 heteroatoms. The SMILES string of the molecule is O=S1(=O)CCCC(Cn2cnc3cccnc32)C1. The van der Waals surface area contributed by atoms with Gasteiger partial charge >= 0.3 is 0 Å². The maximum Gasteiger partial charge on any atom is 0.159 e. The van der Waals surface area contributed by atoms with Gasteiger partial charge in [0.2, 0.25) is 0 Å². The quantitative estimate of drug-likeness (QED) is 0.820. The first-order valence-electron chi connectivity index (χ1n) is 6.10. The van der Waals surface area contributed by atoms with Crippen LogP contribution >= 0.6 is 0 Å². The molecule has 1 atom stereocenters. The van der Waals surface area contributed by atoms with Crippen LogP contribution in [0.3, 0.4) is 0 Å². The summed E-state index contributed by atoms with van der Waals surface area (Å²) in [6.45, 7) is 0.687. The van der Waals surface area contributed by atoms with E-state index in [4.69, 9.17) is 0 Å². The molecular formula is C12H15N3O2S. The monoisotopic (exact) mass is 265 g/mol. The molecule has 0 N–H and O–H groups in total. The molecular weight excluding hydrogens is 250 g/mol. The van der Waals surface area contributed by atoms with Crippen molar-refractivity contribution in [3.8, 4) is 0 Å². The third kappa shape index (κ3) is 2.25. The zero-order valence-electron chi connectivity index (χ0n) is 9.99. The van der Waals surface area contributed by atoms with Crippen LogP contribution in [0.5, 0.6) is 0 Å². The molecule has 0 radical (unpaired) electrons. The largest absolute Gasteiger partial charge is 0.315 e. The van der Waals surface area contributed by atoms with Gasteiger partial charge in [-0.15, -0.1) is 0 Å². The molecule has 2 aromatic rings. The molecule has 3 heterocycles. The highest BCUT2D eigenvalue weighted by molar-refractivity contribution is 7.91. The molecule has 5 nitrogen and oxygen atoms in total. The highest BCUT2D eigenvalue weighted by Gasteiger charge is 2.25. The van der Waals surface area contributed by atoms with Crippen LogP contribution in [0.1, 0.15) is 12.8 Å². The Balaban J connectivity index is 1.84. The normalized spacial score (nSPS) is 23.2. The predicted octanol–water partition coefficient (Wildman–Crippen LogP) is 1.26. The van der Waals surface area contributed by atoms with Gasteiger partial charge in [0.1, 0.15) is 5.52 Å². The van der Waals surface area contributed by atoms with Crippen LogP contribution in [0, 0.1) is 5.92 Å². The maximum atomic E-state index is 11.6. The van der Waals surface area contributed by atoms with Crippen LogP contribution in [0.4, 0.5) is 0 Å². The van der Waals surface area contributed by atoms with Gasteiger partial charge in [0.15, 0.2) is 15.5 Å². The average Bonchev–Trinajstić information content (AvgIpc) is 2.72. The Bertz CT molecular complexity index is 663. The number of pyridine rings is 1. The Morgan fingerprint density at radius 2 is 2.28 bits per heavy atom. The third-order valence-corrected chi connectivity index (χ3v) is 5.28. The highest BCUT2D eigenvalue weighted by atomic mass is 32.2. The second-order valence-corrected chi connectivity index (χ2v) is 7.09. The second kappa shape index (κ2) is 4.35. The van der Waals surface area contributed by atoms with Crippen LogP contribution in [-0.2, 0) is 16.4 Å². The van der Waals surface area contributed by atoms with Gasteiger partial charge in [-0.05, 0) is 30.9 Å². The van der Waals surface area contributed by atoms with E-state index in [2.05, 4.69) is 9.97 Å². The number of hydrogen-bond acceptors (Lipinski definition) is 4. The van der Waals surface area contributed by atoms with Crippen molar-refractivity contribution in [2.75, 3.05) is 11.5 Å². The Labute approximate surface area is 106 Å². The fraction of sp³-hybridized carbons (Fsp3) is 0.500. The molecule has 0 amide bonds. The van der Waals surface area contributed by atoms with E-state index in [1.807, 2.05) is 16.7 Å². The highest BCUT2D eigenvalue weighted by Crippen LogP contribution is 2.21. The lowest BCUT2D eigenvalue weighted by atomic mass is 10.1. The van der Waals surface area contributed by atoms with Crippen LogP contribution in [0.2, 0.25) is 0 Å². The fourth-order valence-electron chi connectivity index (χ4n) is 2.57. The first-order valence-corrected chi connectivity index (χ1v) is 7.92. The van der Waals surface area contributed by atoms with E-state index in [0.717, 1.165) is 24.0 Å². The molecule has 0 aromatic carbocycles. The van der Waals surface area contributed by atoms with Gasteiger partial charge in [0, 0.05) is 12.7 Å². The second-order valence-electron chi connectivity index (χ2n) is 4.87. The van der Waals surface area contributed by atoms with E-state index in [1.165, 1.54) is 0 Å². The van der Waals surface area contributed by atoms with Crippen LogP contribution in [0.15, 0.2) is 24.7 Å². The van der Waals surface area contributed by atoms with Gasteiger partial charge < -0.3 is 4.57 Å². The molecule has 0 saturated carbocycles. The zero-order chi connectivity index (χ0) is 12.6. The van der Waals surface area contributed by atoms with Crippen molar-refractivity contribution in [3.05, 3.63) is 24.7 Å². The maximum absolute atomic E-state index is 11.6. The first kappa shape index (κ1) is 11.6. The topological polar surface area (TPSA) is 64.8 Å². The van der Waals surface area contributed by atoms with E-state index in [9.17, 15) is 8.42 Å². The molecule has 1 aliphatic heterocycles. The van der Waals surface area contributed by atoms with Gasteiger partial charge in [-0.25, -0.2) is 18.4 Å². The lowest BCUT2D eigenvalue weighted by Crippen LogP contribution is -2.28. The van der Waals surface area contributed by atoms with Gasteiger partial charge in [0.05, 0.1) is 17.8 Å². The Kier molecular flexibility index (Phi) is 2.81. The fourth-order valence-corrected chi connectivity index (χ4v) is 4.33. The average molecular weight is 265 g/mol. The summed E-state index contributed by atoms with van der Waals surface area (Å²) in [5.41, 5.74) is 1.69. The van der Waals surface area contributed by atoms with E-state index >= 15 is 0 Å². The van der Waals surface area contributed by atoms with Gasteiger partial charge in [-0.2, -0.15) is 0 Å². The number of fused-ring (bicyclic) bond motifs is 1. The summed E-state index contributed by atoms with van der Waals surface area (Å²) in [4.78, 5) is 8.57. The minimum absolute atomic E-state index is 0.183. The minimum atomic E-state index is -2.84. The summed E-state index contributed by atoms with van der Waals surface area (Å²) in [5, 5.41) is 0.